The molecule has 34 heavy (non-hydrogen) atoms. The van der Waals surface area contributed by atoms with Crippen molar-refractivity contribution in [2.45, 2.75) is 17.7 Å². The standard InChI is InChI=1S/C24H21FN4O3S2/c25-18-8-10-19(11-9-18)34(31,32)29-13-3-4-17(15-29)23(30)28-22-12-7-16(14-26-22)24-27-20-5-1-2-6-21(20)33-24/h1-2,5-12,14,17H,3-4,13,15H2,(H,26,28,30). The Hall–Kier alpha value is -3.21. The average molecular weight is 497 g/mol. The summed E-state index contributed by atoms with van der Waals surface area (Å²) >= 11 is 1.57. The molecule has 1 saturated heterocycles. The van der Waals surface area contributed by atoms with Crippen LogP contribution in [0.1, 0.15) is 12.8 Å². The molecule has 0 spiro atoms. The van der Waals surface area contributed by atoms with Gasteiger partial charge in [-0.1, -0.05) is 12.1 Å². The number of nitrogens with zero attached hydrogens (tertiary/aromatic N) is 3. The molecule has 3 heterocycles. The first-order valence-corrected chi connectivity index (χ1v) is 13.0. The first-order valence-electron chi connectivity index (χ1n) is 10.8. The van der Waals surface area contributed by atoms with Crippen molar-refractivity contribution in [3.05, 3.63) is 72.7 Å². The molecular weight excluding hydrogens is 475 g/mol. The van der Waals surface area contributed by atoms with Gasteiger partial charge >= 0.3 is 0 Å². The van der Waals surface area contributed by atoms with Crippen molar-refractivity contribution >= 4 is 43.3 Å². The second kappa shape index (κ2) is 9.21. The minimum atomic E-state index is -3.80. The van der Waals surface area contributed by atoms with E-state index in [1.165, 1.54) is 16.4 Å². The molecule has 1 aliphatic rings. The summed E-state index contributed by atoms with van der Waals surface area (Å²) in [7, 11) is -3.80. The molecule has 174 valence electrons. The van der Waals surface area contributed by atoms with Crippen LogP contribution in [-0.4, -0.2) is 41.7 Å². The minimum Gasteiger partial charge on any atom is -0.310 e. The number of anilines is 1. The maximum absolute atomic E-state index is 13.2. The number of carbonyl (C=O) groups excluding carboxylic acids is 1. The molecule has 10 heteroatoms. The number of aromatic nitrogens is 2. The number of piperidine rings is 1. The zero-order chi connectivity index (χ0) is 23.7. The van der Waals surface area contributed by atoms with Crippen molar-refractivity contribution in [1.82, 2.24) is 14.3 Å². The Kier molecular flexibility index (Phi) is 6.11. The lowest BCUT2D eigenvalue weighted by Crippen LogP contribution is -2.43. The summed E-state index contributed by atoms with van der Waals surface area (Å²) in [4.78, 5) is 21.8. The van der Waals surface area contributed by atoms with E-state index in [4.69, 9.17) is 0 Å². The SMILES string of the molecule is O=C(Nc1ccc(-c2nc3ccccc3s2)cn1)C1CCCN(S(=O)(=O)c2ccc(F)cc2)C1. The van der Waals surface area contributed by atoms with E-state index < -0.39 is 21.8 Å². The molecule has 5 rings (SSSR count). The van der Waals surface area contributed by atoms with Gasteiger partial charge < -0.3 is 5.32 Å². The predicted molar refractivity (Wildman–Crippen MR) is 129 cm³/mol. The lowest BCUT2D eigenvalue weighted by Gasteiger charge is -2.31. The number of hydrogen-bond acceptors (Lipinski definition) is 6. The minimum absolute atomic E-state index is 0.0158. The van der Waals surface area contributed by atoms with E-state index in [-0.39, 0.29) is 17.3 Å². The third-order valence-electron chi connectivity index (χ3n) is 5.76. The second-order valence-corrected chi connectivity index (χ2v) is 11.0. The summed E-state index contributed by atoms with van der Waals surface area (Å²) in [5.41, 5.74) is 1.78. The van der Waals surface area contributed by atoms with E-state index in [9.17, 15) is 17.6 Å². The highest BCUT2D eigenvalue weighted by Gasteiger charge is 2.33. The van der Waals surface area contributed by atoms with Gasteiger partial charge in [-0.2, -0.15) is 4.31 Å². The van der Waals surface area contributed by atoms with Crippen LogP contribution in [0.5, 0.6) is 0 Å². The molecule has 0 bridgehead atoms. The molecule has 2 aromatic heterocycles. The Labute approximate surface area is 200 Å². The maximum Gasteiger partial charge on any atom is 0.243 e. The number of thiazole rings is 1. The number of pyridine rings is 1. The molecule has 1 unspecified atom stereocenters. The predicted octanol–water partition coefficient (Wildman–Crippen LogP) is 4.54. The average Bonchev–Trinajstić information content (AvgIpc) is 3.29. The van der Waals surface area contributed by atoms with Gasteiger partial charge in [-0.15, -0.1) is 11.3 Å². The van der Waals surface area contributed by atoms with Crippen LogP contribution in [0.2, 0.25) is 0 Å². The van der Waals surface area contributed by atoms with Crippen LogP contribution in [0.25, 0.3) is 20.8 Å². The monoisotopic (exact) mass is 496 g/mol. The van der Waals surface area contributed by atoms with Gasteiger partial charge in [-0.3, -0.25) is 4.79 Å². The van der Waals surface area contributed by atoms with E-state index >= 15 is 0 Å². The molecule has 1 N–H and O–H groups in total. The van der Waals surface area contributed by atoms with Crippen molar-refractivity contribution in [1.29, 1.82) is 0 Å². The first kappa shape index (κ1) is 22.6. The van der Waals surface area contributed by atoms with E-state index in [1.807, 2.05) is 30.3 Å². The Balaban J connectivity index is 1.26. The Morgan fingerprint density at radius 1 is 1.09 bits per heavy atom. The number of carbonyl (C=O) groups is 1. The van der Waals surface area contributed by atoms with Gasteiger partial charge in [0, 0.05) is 24.8 Å². The van der Waals surface area contributed by atoms with Gasteiger partial charge in [-0.05, 0) is 61.4 Å². The summed E-state index contributed by atoms with van der Waals surface area (Å²) < 4.78 is 41.4. The van der Waals surface area contributed by atoms with Crippen molar-refractivity contribution in [3.63, 3.8) is 0 Å². The Morgan fingerprint density at radius 3 is 2.62 bits per heavy atom. The number of nitrogens with one attached hydrogen (secondary N) is 1. The summed E-state index contributed by atoms with van der Waals surface area (Å²) in [5.74, 6) is -0.890. The summed E-state index contributed by atoms with van der Waals surface area (Å²) in [6, 6.07) is 16.2. The highest BCUT2D eigenvalue weighted by molar-refractivity contribution is 7.89. The van der Waals surface area contributed by atoms with Crippen LogP contribution in [-0.2, 0) is 14.8 Å². The lowest BCUT2D eigenvalue weighted by molar-refractivity contribution is -0.120. The molecule has 2 aromatic carbocycles. The molecule has 1 aliphatic heterocycles. The fourth-order valence-electron chi connectivity index (χ4n) is 3.95. The van der Waals surface area contributed by atoms with E-state index in [2.05, 4.69) is 15.3 Å². The summed E-state index contributed by atoms with van der Waals surface area (Å²) in [6.45, 7) is 0.383. The number of amides is 1. The smallest absolute Gasteiger partial charge is 0.243 e. The second-order valence-electron chi connectivity index (χ2n) is 8.06. The quantitative estimate of drug-likeness (QED) is 0.438. The van der Waals surface area contributed by atoms with E-state index in [1.54, 1.807) is 23.6 Å². The number of fused-ring (bicyclic) bond motifs is 1. The number of para-hydroxylation sites is 1. The summed E-state index contributed by atoms with van der Waals surface area (Å²) in [5, 5.41) is 3.65. The maximum atomic E-state index is 13.2. The number of rotatable bonds is 5. The fourth-order valence-corrected chi connectivity index (χ4v) is 6.43. The van der Waals surface area contributed by atoms with Gasteiger partial charge in [0.1, 0.15) is 16.6 Å². The molecule has 4 aromatic rings. The van der Waals surface area contributed by atoms with Crippen molar-refractivity contribution in [2.75, 3.05) is 18.4 Å². The lowest BCUT2D eigenvalue weighted by atomic mass is 9.99. The van der Waals surface area contributed by atoms with Crippen LogP contribution in [0.3, 0.4) is 0 Å². The molecule has 1 amide bonds. The van der Waals surface area contributed by atoms with Crippen LogP contribution >= 0.6 is 11.3 Å². The molecule has 1 atom stereocenters. The third-order valence-corrected chi connectivity index (χ3v) is 8.73. The molecule has 1 fully saturated rings. The van der Waals surface area contributed by atoms with Gasteiger partial charge in [0.2, 0.25) is 15.9 Å². The largest absolute Gasteiger partial charge is 0.310 e. The van der Waals surface area contributed by atoms with Crippen molar-refractivity contribution < 1.29 is 17.6 Å². The fraction of sp³-hybridized carbons (Fsp3) is 0.208. The van der Waals surface area contributed by atoms with Crippen LogP contribution < -0.4 is 5.32 Å². The highest BCUT2D eigenvalue weighted by atomic mass is 32.2. The first-order chi connectivity index (χ1) is 16.4. The van der Waals surface area contributed by atoms with Gasteiger partial charge in [-0.25, -0.2) is 22.8 Å². The highest BCUT2D eigenvalue weighted by Crippen LogP contribution is 2.30. The van der Waals surface area contributed by atoms with Crippen LogP contribution in [0.4, 0.5) is 10.2 Å². The number of halogens is 1. The van der Waals surface area contributed by atoms with Crippen molar-refractivity contribution in [3.8, 4) is 10.6 Å². The topological polar surface area (TPSA) is 92.3 Å². The zero-order valence-electron chi connectivity index (χ0n) is 18.0. The summed E-state index contributed by atoms with van der Waals surface area (Å²) in [6.07, 6.45) is 2.80. The zero-order valence-corrected chi connectivity index (χ0v) is 19.7. The molecule has 7 nitrogen and oxygen atoms in total. The van der Waals surface area contributed by atoms with Crippen LogP contribution in [0.15, 0.2) is 71.8 Å². The number of sulfonamides is 1. The normalized spacial score (nSPS) is 17.0. The number of benzene rings is 2. The molecule has 0 radical (unpaired) electrons. The van der Waals surface area contributed by atoms with E-state index in [0.717, 1.165) is 32.9 Å². The van der Waals surface area contributed by atoms with E-state index in [0.29, 0.717) is 25.2 Å². The Bertz CT molecular complexity index is 1400. The molecule has 0 aliphatic carbocycles. The van der Waals surface area contributed by atoms with Gasteiger partial charge in [0.25, 0.3) is 0 Å². The van der Waals surface area contributed by atoms with Gasteiger partial charge in [0.15, 0.2) is 0 Å². The van der Waals surface area contributed by atoms with Gasteiger partial charge in [0.05, 0.1) is 21.0 Å². The third kappa shape index (κ3) is 4.56. The number of hydrogen-bond donors (Lipinski definition) is 1. The molecule has 0 saturated carbocycles. The van der Waals surface area contributed by atoms with Crippen LogP contribution in [0, 0.1) is 11.7 Å². The molecular formula is C24H21FN4O3S2. The Morgan fingerprint density at radius 2 is 1.88 bits per heavy atom. The van der Waals surface area contributed by atoms with Crippen molar-refractivity contribution in [2.24, 2.45) is 5.92 Å².